The summed E-state index contributed by atoms with van der Waals surface area (Å²) in [6.45, 7) is 3.94. The quantitative estimate of drug-likeness (QED) is 0.845. The van der Waals surface area contributed by atoms with Crippen LogP contribution in [0.5, 0.6) is 0 Å². The summed E-state index contributed by atoms with van der Waals surface area (Å²) in [6.07, 6.45) is 0. The molecule has 102 valence electrons. The van der Waals surface area contributed by atoms with Crippen LogP contribution in [-0.4, -0.2) is 11.8 Å². The fraction of sp³-hybridized carbons (Fsp3) is 0.200. The zero-order valence-corrected chi connectivity index (χ0v) is 12.1. The maximum absolute atomic E-state index is 12.4. The van der Waals surface area contributed by atoms with Crippen LogP contribution < -0.4 is 11.1 Å². The molecule has 1 aromatic carbocycles. The highest BCUT2D eigenvalue weighted by Gasteiger charge is 2.22. The summed E-state index contributed by atoms with van der Waals surface area (Å²) in [5.74, 6) is -0.151. The predicted octanol–water partition coefficient (Wildman–Crippen LogP) is 3.25. The lowest BCUT2D eigenvalue weighted by Gasteiger charge is -2.06. The van der Waals surface area contributed by atoms with Gasteiger partial charge in [0.25, 0.3) is 0 Å². The molecule has 0 aliphatic carbocycles. The SMILES string of the molecule is CC(C)Nc1sc(C(=O)c2ccccc2)c(N)c1C#N. The monoisotopic (exact) mass is 285 g/mol. The Morgan fingerprint density at radius 3 is 2.55 bits per heavy atom. The molecule has 0 radical (unpaired) electrons. The normalized spacial score (nSPS) is 10.3. The Labute approximate surface area is 121 Å². The van der Waals surface area contributed by atoms with E-state index in [1.807, 2.05) is 19.9 Å². The van der Waals surface area contributed by atoms with E-state index in [9.17, 15) is 10.1 Å². The van der Waals surface area contributed by atoms with Crippen molar-refractivity contribution in [2.45, 2.75) is 19.9 Å². The standard InChI is InChI=1S/C15H15N3OS/c1-9(2)18-15-11(8-16)12(17)14(20-15)13(19)10-6-4-3-5-7-10/h3-7,9,18H,17H2,1-2H3. The number of rotatable bonds is 4. The zero-order valence-electron chi connectivity index (χ0n) is 11.3. The van der Waals surface area contributed by atoms with Gasteiger partial charge in [-0.05, 0) is 13.8 Å². The van der Waals surface area contributed by atoms with Crippen molar-refractivity contribution in [1.82, 2.24) is 0 Å². The van der Waals surface area contributed by atoms with E-state index < -0.39 is 0 Å². The molecule has 5 heteroatoms. The highest BCUT2D eigenvalue weighted by atomic mass is 32.1. The lowest BCUT2D eigenvalue weighted by Crippen LogP contribution is -2.09. The highest BCUT2D eigenvalue weighted by Crippen LogP contribution is 2.36. The van der Waals surface area contributed by atoms with E-state index in [4.69, 9.17) is 5.73 Å². The lowest BCUT2D eigenvalue weighted by atomic mass is 10.1. The molecule has 0 fully saturated rings. The van der Waals surface area contributed by atoms with Crippen LogP contribution in [-0.2, 0) is 0 Å². The lowest BCUT2D eigenvalue weighted by molar-refractivity contribution is 0.104. The van der Waals surface area contributed by atoms with Crippen molar-refractivity contribution in [3.63, 3.8) is 0 Å². The van der Waals surface area contributed by atoms with Crippen molar-refractivity contribution in [2.75, 3.05) is 11.1 Å². The minimum atomic E-state index is -0.151. The van der Waals surface area contributed by atoms with Gasteiger partial charge in [0.2, 0.25) is 5.78 Å². The number of anilines is 2. The molecule has 4 nitrogen and oxygen atoms in total. The molecule has 0 amide bonds. The second-order valence-electron chi connectivity index (χ2n) is 4.65. The first-order valence-electron chi connectivity index (χ1n) is 6.23. The number of ketones is 1. The molecule has 2 aromatic rings. The fourth-order valence-corrected chi connectivity index (χ4v) is 2.99. The van der Waals surface area contributed by atoms with Gasteiger partial charge >= 0.3 is 0 Å². The largest absolute Gasteiger partial charge is 0.396 e. The third-order valence-corrected chi connectivity index (χ3v) is 3.85. The first-order valence-corrected chi connectivity index (χ1v) is 7.05. The molecule has 0 spiro atoms. The Balaban J connectivity index is 2.46. The topological polar surface area (TPSA) is 78.9 Å². The average molecular weight is 285 g/mol. The molecule has 1 aromatic heterocycles. The van der Waals surface area contributed by atoms with Crippen molar-refractivity contribution in [3.8, 4) is 6.07 Å². The number of benzene rings is 1. The number of nitriles is 1. The minimum Gasteiger partial charge on any atom is -0.396 e. The van der Waals surface area contributed by atoms with Crippen LogP contribution in [0.1, 0.15) is 34.6 Å². The van der Waals surface area contributed by atoms with Gasteiger partial charge in [-0.15, -0.1) is 11.3 Å². The number of hydrogen-bond acceptors (Lipinski definition) is 5. The molecule has 20 heavy (non-hydrogen) atoms. The molecule has 0 bridgehead atoms. The summed E-state index contributed by atoms with van der Waals surface area (Å²) in [6, 6.07) is 11.2. The Hall–Kier alpha value is -2.32. The van der Waals surface area contributed by atoms with E-state index in [1.165, 1.54) is 11.3 Å². The van der Waals surface area contributed by atoms with Gasteiger partial charge in [0.15, 0.2) is 0 Å². The highest BCUT2D eigenvalue weighted by molar-refractivity contribution is 7.19. The number of hydrogen-bond donors (Lipinski definition) is 2. The molecule has 1 heterocycles. The zero-order chi connectivity index (χ0) is 14.7. The Morgan fingerprint density at radius 2 is 2.00 bits per heavy atom. The number of thiophene rings is 1. The smallest absolute Gasteiger partial charge is 0.205 e. The molecular weight excluding hydrogens is 270 g/mol. The van der Waals surface area contributed by atoms with Crippen LogP contribution in [0.3, 0.4) is 0 Å². The summed E-state index contributed by atoms with van der Waals surface area (Å²) in [5.41, 5.74) is 7.13. The van der Waals surface area contributed by atoms with Gasteiger partial charge in [0.05, 0.1) is 5.69 Å². The molecule has 0 saturated carbocycles. The van der Waals surface area contributed by atoms with Gasteiger partial charge in [0, 0.05) is 11.6 Å². The summed E-state index contributed by atoms with van der Waals surface area (Å²) < 4.78 is 0. The second-order valence-corrected chi connectivity index (χ2v) is 5.68. The van der Waals surface area contributed by atoms with Gasteiger partial charge < -0.3 is 11.1 Å². The summed E-state index contributed by atoms with van der Waals surface area (Å²) in [7, 11) is 0. The van der Waals surface area contributed by atoms with Crippen molar-refractivity contribution >= 4 is 27.8 Å². The van der Waals surface area contributed by atoms with Crippen LogP contribution >= 0.6 is 11.3 Å². The fourth-order valence-electron chi connectivity index (χ4n) is 1.81. The van der Waals surface area contributed by atoms with Crippen LogP contribution in [0.4, 0.5) is 10.7 Å². The summed E-state index contributed by atoms with van der Waals surface area (Å²) >= 11 is 1.23. The number of carbonyl (C=O) groups excluding carboxylic acids is 1. The number of nitrogens with zero attached hydrogens (tertiary/aromatic N) is 1. The van der Waals surface area contributed by atoms with E-state index in [1.54, 1.807) is 24.3 Å². The molecule has 0 atom stereocenters. The van der Waals surface area contributed by atoms with Crippen molar-refractivity contribution in [2.24, 2.45) is 0 Å². The maximum atomic E-state index is 12.4. The molecule has 0 aliphatic rings. The van der Waals surface area contributed by atoms with Crippen LogP contribution in [0.2, 0.25) is 0 Å². The van der Waals surface area contributed by atoms with Crippen molar-refractivity contribution in [1.29, 1.82) is 5.26 Å². The Kier molecular flexibility index (Phi) is 4.06. The second kappa shape index (κ2) is 5.76. The third-order valence-electron chi connectivity index (χ3n) is 2.72. The maximum Gasteiger partial charge on any atom is 0.205 e. The average Bonchev–Trinajstić information content (AvgIpc) is 2.74. The molecule has 2 rings (SSSR count). The van der Waals surface area contributed by atoms with E-state index in [0.29, 0.717) is 21.0 Å². The number of nitrogen functional groups attached to an aromatic ring is 1. The Bertz CT molecular complexity index is 668. The van der Waals surface area contributed by atoms with Gasteiger partial charge in [-0.3, -0.25) is 4.79 Å². The summed E-state index contributed by atoms with van der Waals surface area (Å²) in [4.78, 5) is 12.8. The number of nitrogens with one attached hydrogen (secondary N) is 1. The summed E-state index contributed by atoms with van der Waals surface area (Å²) in [5, 5.41) is 13.0. The van der Waals surface area contributed by atoms with Gasteiger partial charge in [-0.2, -0.15) is 5.26 Å². The van der Waals surface area contributed by atoms with Crippen molar-refractivity contribution < 1.29 is 4.79 Å². The van der Waals surface area contributed by atoms with Gasteiger partial charge in [-0.25, -0.2) is 0 Å². The number of carbonyl (C=O) groups is 1. The predicted molar refractivity (Wildman–Crippen MR) is 82.1 cm³/mol. The first-order chi connectivity index (χ1) is 9.54. The third kappa shape index (κ3) is 2.65. The minimum absolute atomic E-state index is 0.151. The van der Waals surface area contributed by atoms with E-state index in [0.717, 1.165) is 0 Å². The Morgan fingerprint density at radius 1 is 1.35 bits per heavy atom. The molecule has 0 saturated heterocycles. The number of nitrogens with two attached hydrogens (primary N) is 1. The van der Waals surface area contributed by atoms with Crippen LogP contribution in [0, 0.1) is 11.3 Å². The first kappa shape index (κ1) is 14.1. The molecular formula is C15H15N3OS. The molecule has 0 unspecified atom stereocenters. The molecule has 0 aliphatic heterocycles. The van der Waals surface area contributed by atoms with Crippen LogP contribution in [0.25, 0.3) is 0 Å². The van der Waals surface area contributed by atoms with Crippen molar-refractivity contribution in [3.05, 3.63) is 46.3 Å². The molecule has 3 N–H and O–H groups in total. The van der Waals surface area contributed by atoms with E-state index >= 15 is 0 Å². The van der Waals surface area contributed by atoms with Gasteiger partial charge in [0.1, 0.15) is 21.5 Å². The van der Waals surface area contributed by atoms with E-state index in [2.05, 4.69) is 11.4 Å². The van der Waals surface area contributed by atoms with Crippen LogP contribution in [0.15, 0.2) is 30.3 Å². The van der Waals surface area contributed by atoms with Gasteiger partial charge in [-0.1, -0.05) is 30.3 Å². The van der Waals surface area contributed by atoms with E-state index in [-0.39, 0.29) is 17.5 Å².